The van der Waals surface area contributed by atoms with Gasteiger partial charge in [-0.2, -0.15) is 0 Å². The number of carbonyl (C=O) groups is 8. The largest absolute Gasteiger partial charge is 0.496 e. The van der Waals surface area contributed by atoms with Crippen molar-refractivity contribution >= 4 is 48.5 Å². The van der Waals surface area contributed by atoms with Gasteiger partial charge in [0.25, 0.3) is 0 Å². The lowest BCUT2D eigenvalue weighted by atomic mass is 10.1. The molecule has 0 spiro atoms. The van der Waals surface area contributed by atoms with Gasteiger partial charge in [-0.15, -0.1) is 0 Å². The fourth-order valence-electron chi connectivity index (χ4n) is 5.28. The Morgan fingerprint density at radius 1 is 0.600 bits per heavy atom. The predicted molar refractivity (Wildman–Crippen MR) is 239 cm³/mol. The van der Waals surface area contributed by atoms with E-state index < -0.39 is 17.9 Å². The molecule has 356 valence electrons. The maximum absolute atomic E-state index is 12.4. The quantitative estimate of drug-likeness (QED) is 0.0530. The number of carboxylic acids is 1. The van der Waals surface area contributed by atoms with E-state index >= 15 is 0 Å². The summed E-state index contributed by atoms with van der Waals surface area (Å²) in [5.74, 6) is 1.12. The summed E-state index contributed by atoms with van der Waals surface area (Å²) in [6, 6.07) is 13.5. The molecule has 0 saturated carbocycles. The highest BCUT2D eigenvalue weighted by Gasteiger charge is 2.20. The number of benzene rings is 3. The number of carbonyl (C=O) groups excluding carboxylic acids is 7. The first-order chi connectivity index (χ1) is 31.2. The van der Waals surface area contributed by atoms with Crippen LogP contribution in [0.5, 0.6) is 34.5 Å². The Labute approximate surface area is 379 Å². The van der Waals surface area contributed by atoms with Crippen molar-refractivity contribution in [3.63, 3.8) is 0 Å². The Bertz CT molecular complexity index is 1990. The first-order valence-corrected chi connectivity index (χ1v) is 20.7. The minimum atomic E-state index is -0.942. The highest BCUT2D eigenvalue weighted by Crippen LogP contribution is 2.25. The Morgan fingerprint density at radius 2 is 0.985 bits per heavy atom. The van der Waals surface area contributed by atoms with Gasteiger partial charge in [0.2, 0.25) is 23.6 Å². The van der Waals surface area contributed by atoms with Gasteiger partial charge in [-0.05, 0) is 62.1 Å². The molecule has 5 N–H and O–H groups in total. The summed E-state index contributed by atoms with van der Waals surface area (Å²) in [5.41, 5.74) is 1.26. The highest BCUT2D eigenvalue weighted by atomic mass is 16.5. The van der Waals surface area contributed by atoms with E-state index in [0.717, 1.165) is 6.42 Å². The molecule has 65 heavy (non-hydrogen) atoms. The summed E-state index contributed by atoms with van der Waals surface area (Å²) < 4.78 is 31.8. The van der Waals surface area contributed by atoms with Crippen LogP contribution in [0, 0.1) is 5.92 Å². The number of aliphatic carboxylic acids is 1. The summed E-state index contributed by atoms with van der Waals surface area (Å²) in [6.07, 6.45) is 4.53. The normalized spacial score (nSPS) is 10.9. The molecule has 19 heteroatoms. The topological polar surface area (TPSA) is 260 Å². The van der Waals surface area contributed by atoms with E-state index in [1.54, 1.807) is 61.6 Å². The van der Waals surface area contributed by atoms with E-state index in [2.05, 4.69) is 21.3 Å². The summed E-state index contributed by atoms with van der Waals surface area (Å²) >= 11 is 0. The second kappa shape index (κ2) is 32.5. The molecule has 0 bridgehead atoms. The minimum Gasteiger partial charge on any atom is -0.496 e. The molecule has 2 atom stereocenters. The lowest BCUT2D eigenvalue weighted by molar-refractivity contribution is -0.137. The molecular formula is C46H62N4O15. The average Bonchev–Trinajstić information content (AvgIpc) is 3.33. The third-order valence-corrected chi connectivity index (χ3v) is 9.14. The smallest absolute Gasteiger partial charge is 0.303 e. The Morgan fingerprint density at radius 3 is 1.31 bits per heavy atom. The summed E-state index contributed by atoms with van der Waals surface area (Å²) in [6.45, 7) is 4.64. The van der Waals surface area contributed by atoms with Gasteiger partial charge in [-0.3, -0.25) is 38.4 Å². The number of methoxy groups -OCH3 is 3. The molecular weight excluding hydrogens is 849 g/mol. The Hall–Kier alpha value is -7.18. The summed E-state index contributed by atoms with van der Waals surface area (Å²) in [7, 11) is 7.47. The van der Waals surface area contributed by atoms with Crippen LogP contribution in [0.4, 0.5) is 0 Å². The maximum atomic E-state index is 12.4. The van der Waals surface area contributed by atoms with E-state index in [1.165, 1.54) is 28.4 Å². The number of aldehydes is 3. The molecule has 3 aromatic carbocycles. The van der Waals surface area contributed by atoms with Gasteiger partial charge >= 0.3 is 5.97 Å². The van der Waals surface area contributed by atoms with Crippen LogP contribution in [0.25, 0.3) is 0 Å². The van der Waals surface area contributed by atoms with E-state index in [1.807, 2.05) is 13.8 Å². The number of hydrogen-bond donors (Lipinski definition) is 5. The van der Waals surface area contributed by atoms with Crippen LogP contribution in [0.15, 0.2) is 54.6 Å². The first-order valence-electron chi connectivity index (χ1n) is 20.7. The van der Waals surface area contributed by atoms with Crippen LogP contribution in [0.2, 0.25) is 0 Å². The molecule has 0 fully saturated rings. The van der Waals surface area contributed by atoms with Gasteiger partial charge < -0.3 is 54.8 Å². The molecule has 0 aliphatic carbocycles. The molecule has 19 nitrogen and oxygen atoms in total. The van der Waals surface area contributed by atoms with E-state index in [4.69, 9.17) is 33.5 Å². The molecule has 0 saturated heterocycles. The van der Waals surface area contributed by atoms with Gasteiger partial charge in [0.05, 0.1) is 57.8 Å². The van der Waals surface area contributed by atoms with Crippen molar-refractivity contribution < 1.29 is 71.9 Å². The zero-order valence-electron chi connectivity index (χ0n) is 38.0. The number of rotatable bonds is 27. The van der Waals surface area contributed by atoms with Crippen LogP contribution in [-0.4, -0.2) is 121 Å². The van der Waals surface area contributed by atoms with E-state index in [-0.39, 0.29) is 62.7 Å². The molecule has 0 radical (unpaired) electrons. The molecule has 0 heterocycles. The van der Waals surface area contributed by atoms with Crippen LogP contribution in [-0.2, 0) is 24.0 Å². The molecule has 4 amide bonds. The monoisotopic (exact) mass is 910 g/mol. The molecule has 3 rings (SSSR count). The Balaban J connectivity index is 0.000000688. The number of nitrogens with one attached hydrogen (secondary N) is 4. The van der Waals surface area contributed by atoms with Crippen molar-refractivity contribution in [2.24, 2.45) is 5.92 Å². The molecule has 0 unspecified atom stereocenters. The lowest BCUT2D eigenvalue weighted by Gasteiger charge is -2.18. The SMILES string of the molecule is CC[C@H](C)C(=O)NC.CNC(=O)[C@H](CNC(=O)CCCOc1ccc(C=O)c(OC)c1)NC(=O)CCCOc1ccc(C=O)c(OC)c1.COc1cc(OCCCC(=O)O)ccc1C=O. The van der Waals surface area contributed by atoms with Gasteiger partial charge in [-0.1, -0.05) is 13.8 Å². The van der Waals surface area contributed by atoms with Crippen LogP contribution < -0.4 is 49.7 Å². The van der Waals surface area contributed by atoms with Crippen LogP contribution >= 0.6 is 0 Å². The second-order valence-corrected chi connectivity index (χ2v) is 13.8. The average molecular weight is 911 g/mol. The maximum Gasteiger partial charge on any atom is 0.303 e. The number of hydrogen-bond acceptors (Lipinski definition) is 14. The molecule has 3 aromatic rings. The van der Waals surface area contributed by atoms with Crippen molar-refractivity contribution in [2.45, 2.75) is 64.8 Å². The van der Waals surface area contributed by atoms with E-state index in [9.17, 15) is 38.4 Å². The van der Waals surface area contributed by atoms with Crippen molar-refractivity contribution in [1.82, 2.24) is 21.3 Å². The predicted octanol–water partition coefficient (Wildman–Crippen LogP) is 4.22. The van der Waals surface area contributed by atoms with Crippen molar-refractivity contribution in [1.29, 1.82) is 0 Å². The highest BCUT2D eigenvalue weighted by molar-refractivity contribution is 5.88. The minimum absolute atomic E-state index is 0.0730. The zero-order chi connectivity index (χ0) is 48.6. The number of amides is 4. The third kappa shape index (κ3) is 22.1. The van der Waals surface area contributed by atoms with Crippen molar-refractivity contribution in [3.8, 4) is 34.5 Å². The van der Waals surface area contributed by atoms with Gasteiger partial charge in [0.1, 0.15) is 40.5 Å². The molecule has 0 aliphatic heterocycles. The zero-order valence-corrected chi connectivity index (χ0v) is 38.0. The summed E-state index contributed by atoms with van der Waals surface area (Å²) in [4.78, 5) is 90.4. The fourth-order valence-corrected chi connectivity index (χ4v) is 5.28. The summed E-state index contributed by atoms with van der Waals surface area (Å²) in [5, 5.41) is 18.8. The second-order valence-electron chi connectivity index (χ2n) is 13.8. The number of carboxylic acid groups (broad SMARTS) is 1. The third-order valence-electron chi connectivity index (χ3n) is 9.14. The van der Waals surface area contributed by atoms with Gasteiger partial charge in [-0.25, -0.2) is 0 Å². The lowest BCUT2D eigenvalue weighted by Crippen LogP contribution is -2.52. The van der Waals surface area contributed by atoms with E-state index in [0.29, 0.717) is 95.9 Å². The molecule has 0 aromatic heterocycles. The van der Waals surface area contributed by atoms with Crippen LogP contribution in [0.3, 0.4) is 0 Å². The first kappa shape index (κ1) is 55.8. The van der Waals surface area contributed by atoms with Crippen LogP contribution in [0.1, 0.15) is 89.9 Å². The molecule has 0 aliphatic rings. The standard InChI is InChI=1S/C28H35N3O9.C12H14O5.C6H13NO/c1-29-28(36)23(31-27(35)7-5-13-40-22-11-9-20(18-33)25(15-22)38-3)16-30-26(34)6-4-12-39-21-10-8-19(17-32)24(14-21)37-2;1-16-11-7-10(5-4-9(11)8-13)17-6-2-3-12(14)15;1-4-5(2)6(8)7-3/h8-11,14-15,17-18,23H,4-7,12-13,16H2,1-3H3,(H,29,36)(H,30,34)(H,31,35);4-5,7-8H,2-3,6H2,1H3,(H,14,15);5H,4H2,1-3H3,(H,7,8)/t23-;;5-/m0.0/s1. The Kier molecular flexibility index (Phi) is 27.9. The van der Waals surface area contributed by atoms with Gasteiger partial charge in [0.15, 0.2) is 18.9 Å². The van der Waals surface area contributed by atoms with Crippen molar-refractivity contribution in [2.75, 3.05) is 61.8 Å². The van der Waals surface area contributed by atoms with Gasteiger partial charge in [0, 0.05) is 64.0 Å². The van der Waals surface area contributed by atoms with Crippen molar-refractivity contribution in [3.05, 3.63) is 71.3 Å². The number of ether oxygens (including phenoxy) is 6. The fraction of sp³-hybridized carbons (Fsp3) is 0.435. The number of likely N-dealkylation sites (N-methyl/N-ethyl adjacent to an activating group) is 1.